The first-order chi connectivity index (χ1) is 9.96. The van der Waals surface area contributed by atoms with Crippen molar-refractivity contribution in [2.24, 2.45) is 0 Å². The van der Waals surface area contributed by atoms with E-state index >= 15 is 0 Å². The van der Waals surface area contributed by atoms with Gasteiger partial charge in [0.1, 0.15) is 0 Å². The van der Waals surface area contributed by atoms with E-state index in [2.05, 4.69) is 4.98 Å². The van der Waals surface area contributed by atoms with Gasteiger partial charge in [-0.25, -0.2) is 18.2 Å². The number of nitrogens with zero attached hydrogens (tertiary/aromatic N) is 2. The van der Waals surface area contributed by atoms with E-state index in [1.165, 1.54) is 9.82 Å². The molecule has 1 aliphatic rings. The zero-order chi connectivity index (χ0) is 15.5. The van der Waals surface area contributed by atoms with Crippen molar-refractivity contribution in [2.45, 2.75) is 23.2 Å². The number of ether oxygens (including phenoxy) is 1. The van der Waals surface area contributed by atoms with Crippen molar-refractivity contribution in [1.29, 1.82) is 0 Å². The molecule has 118 valence electrons. The molecule has 1 fully saturated rings. The number of hydrogen-bond acceptors (Lipinski definition) is 7. The second-order valence-electron chi connectivity index (χ2n) is 4.49. The van der Waals surface area contributed by atoms with E-state index in [-0.39, 0.29) is 36.6 Å². The van der Waals surface area contributed by atoms with Crippen molar-refractivity contribution < 1.29 is 28.2 Å². The van der Waals surface area contributed by atoms with Crippen molar-refractivity contribution in [1.82, 2.24) is 9.29 Å². The largest absolute Gasteiger partial charge is 0.476 e. The number of aromatic nitrogens is 1. The Hall–Kier alpha value is -1.07. The lowest BCUT2D eigenvalue weighted by atomic mass is 10.1. The molecule has 0 saturated carbocycles. The van der Waals surface area contributed by atoms with Crippen LogP contribution in [0.5, 0.6) is 0 Å². The minimum Gasteiger partial charge on any atom is -0.476 e. The third kappa shape index (κ3) is 3.58. The third-order valence-electron chi connectivity index (χ3n) is 3.16. The number of aliphatic hydroxyl groups is 1. The number of aromatic carboxylic acids is 1. The number of aliphatic hydroxyl groups excluding tert-OH is 1. The lowest BCUT2D eigenvalue weighted by Crippen LogP contribution is -2.41. The van der Waals surface area contributed by atoms with E-state index in [9.17, 15) is 13.2 Å². The molecule has 2 heterocycles. The number of hydrogen-bond donors (Lipinski definition) is 2. The summed E-state index contributed by atoms with van der Waals surface area (Å²) in [6.07, 6.45) is 0.949. The Balaban J connectivity index is 2.08. The summed E-state index contributed by atoms with van der Waals surface area (Å²) < 4.78 is 31.3. The molecule has 0 radical (unpaired) electrons. The van der Waals surface area contributed by atoms with Crippen molar-refractivity contribution >= 4 is 27.3 Å². The zero-order valence-electron chi connectivity index (χ0n) is 11.1. The summed E-state index contributed by atoms with van der Waals surface area (Å²) >= 11 is 0.807. The number of carboxylic acids is 1. The summed E-state index contributed by atoms with van der Waals surface area (Å²) in [6.45, 7) is 0.682. The molecule has 1 aliphatic heterocycles. The van der Waals surface area contributed by atoms with Crippen LogP contribution in [0.15, 0.2) is 9.72 Å². The van der Waals surface area contributed by atoms with E-state index in [0.29, 0.717) is 12.8 Å². The first-order valence-electron chi connectivity index (χ1n) is 6.36. The van der Waals surface area contributed by atoms with Gasteiger partial charge in [0.25, 0.3) is 10.0 Å². The molecule has 10 heteroatoms. The molecule has 0 aliphatic carbocycles. The van der Waals surface area contributed by atoms with Gasteiger partial charge in [-0.15, -0.1) is 11.3 Å². The van der Waals surface area contributed by atoms with Crippen LogP contribution in [0, 0.1) is 0 Å². The molecule has 0 spiro atoms. The van der Waals surface area contributed by atoms with Gasteiger partial charge in [0.2, 0.25) is 0 Å². The van der Waals surface area contributed by atoms with Gasteiger partial charge >= 0.3 is 5.97 Å². The summed E-state index contributed by atoms with van der Waals surface area (Å²) in [7, 11) is -3.83. The van der Waals surface area contributed by atoms with Gasteiger partial charge in [-0.05, 0) is 12.8 Å². The molecular formula is C11H16N2O6S2. The number of rotatable bonds is 6. The molecule has 21 heavy (non-hydrogen) atoms. The zero-order valence-corrected chi connectivity index (χ0v) is 12.8. The van der Waals surface area contributed by atoms with Crippen LogP contribution < -0.4 is 0 Å². The summed E-state index contributed by atoms with van der Waals surface area (Å²) in [5, 5.41) is 17.7. The van der Waals surface area contributed by atoms with E-state index < -0.39 is 21.7 Å². The van der Waals surface area contributed by atoms with Crippen LogP contribution in [0.2, 0.25) is 0 Å². The van der Waals surface area contributed by atoms with Crippen LogP contribution in [0.4, 0.5) is 0 Å². The van der Waals surface area contributed by atoms with Gasteiger partial charge in [0.15, 0.2) is 9.90 Å². The molecule has 8 nitrogen and oxygen atoms in total. The highest BCUT2D eigenvalue weighted by atomic mass is 32.2. The fourth-order valence-electron chi connectivity index (χ4n) is 2.14. The highest BCUT2D eigenvalue weighted by Crippen LogP contribution is 2.27. The van der Waals surface area contributed by atoms with Crippen LogP contribution >= 0.6 is 11.3 Å². The second-order valence-corrected chi connectivity index (χ2v) is 7.48. The molecule has 0 atom stereocenters. The summed E-state index contributed by atoms with van der Waals surface area (Å²) in [6, 6.07) is 0. The molecule has 2 rings (SSSR count). The quantitative estimate of drug-likeness (QED) is 0.751. The SMILES string of the molecule is O=C(O)c1ncsc1S(=O)(=O)N1CCC(OCCO)CC1. The highest BCUT2D eigenvalue weighted by Gasteiger charge is 2.34. The Morgan fingerprint density at radius 3 is 2.71 bits per heavy atom. The minimum atomic E-state index is -3.83. The van der Waals surface area contributed by atoms with E-state index in [1.807, 2.05) is 0 Å². The van der Waals surface area contributed by atoms with Crippen LogP contribution in [-0.2, 0) is 14.8 Å². The van der Waals surface area contributed by atoms with Crippen molar-refractivity contribution in [2.75, 3.05) is 26.3 Å². The van der Waals surface area contributed by atoms with Gasteiger partial charge in [-0.2, -0.15) is 4.31 Å². The number of sulfonamides is 1. The van der Waals surface area contributed by atoms with E-state index in [1.54, 1.807) is 0 Å². The van der Waals surface area contributed by atoms with Gasteiger partial charge < -0.3 is 14.9 Å². The van der Waals surface area contributed by atoms with E-state index in [4.69, 9.17) is 14.9 Å². The Kier molecular flexibility index (Phi) is 5.27. The fourth-order valence-corrected chi connectivity index (χ4v) is 4.88. The molecule has 0 bridgehead atoms. The first-order valence-corrected chi connectivity index (χ1v) is 8.68. The standard InChI is InChI=1S/C11H16N2O6S2/c14-5-6-19-8-1-3-13(4-2-8)21(17,18)11-9(10(15)16)12-7-20-11/h7-8,14H,1-6H2,(H,15,16). The average Bonchev–Trinajstić information content (AvgIpc) is 2.96. The maximum absolute atomic E-state index is 12.4. The maximum Gasteiger partial charge on any atom is 0.356 e. The summed E-state index contributed by atoms with van der Waals surface area (Å²) in [4.78, 5) is 14.6. The number of thiazole rings is 1. The average molecular weight is 336 g/mol. The molecule has 0 unspecified atom stereocenters. The first kappa shape index (κ1) is 16.3. The third-order valence-corrected chi connectivity index (χ3v) is 6.40. The molecule has 2 N–H and O–H groups in total. The lowest BCUT2D eigenvalue weighted by molar-refractivity contribution is 0.00319. The second kappa shape index (κ2) is 6.79. The Bertz CT molecular complexity index is 592. The molecular weight excluding hydrogens is 320 g/mol. The topological polar surface area (TPSA) is 117 Å². The van der Waals surface area contributed by atoms with Crippen molar-refractivity contribution in [3.05, 3.63) is 11.2 Å². The summed E-state index contributed by atoms with van der Waals surface area (Å²) in [5.74, 6) is -1.35. The minimum absolute atomic E-state index is 0.0681. The lowest BCUT2D eigenvalue weighted by Gasteiger charge is -2.30. The van der Waals surface area contributed by atoms with Gasteiger partial charge in [0.05, 0.1) is 24.8 Å². The van der Waals surface area contributed by atoms with Crippen molar-refractivity contribution in [3.8, 4) is 0 Å². The predicted molar refractivity (Wildman–Crippen MR) is 73.9 cm³/mol. The molecule has 1 saturated heterocycles. The molecule has 1 aromatic heterocycles. The maximum atomic E-state index is 12.4. The predicted octanol–water partition coefficient (Wildman–Crippen LogP) is 0.00330. The van der Waals surface area contributed by atoms with E-state index in [0.717, 1.165) is 11.3 Å². The molecule has 0 aromatic carbocycles. The molecule has 1 aromatic rings. The van der Waals surface area contributed by atoms with Gasteiger partial charge in [-0.1, -0.05) is 0 Å². The number of carboxylic acid groups (broad SMARTS) is 1. The summed E-state index contributed by atoms with van der Waals surface area (Å²) in [5.41, 5.74) is 0.784. The fraction of sp³-hybridized carbons (Fsp3) is 0.636. The van der Waals surface area contributed by atoms with Crippen molar-refractivity contribution in [3.63, 3.8) is 0 Å². The Morgan fingerprint density at radius 1 is 1.48 bits per heavy atom. The number of carbonyl (C=O) groups is 1. The van der Waals surface area contributed by atoms with Crippen LogP contribution in [0.3, 0.4) is 0 Å². The van der Waals surface area contributed by atoms with Crippen LogP contribution in [0.1, 0.15) is 23.3 Å². The highest BCUT2D eigenvalue weighted by molar-refractivity contribution is 7.91. The van der Waals surface area contributed by atoms with Crippen LogP contribution in [-0.4, -0.2) is 66.3 Å². The normalized spacial score (nSPS) is 18.0. The smallest absolute Gasteiger partial charge is 0.356 e. The van der Waals surface area contributed by atoms with Gasteiger partial charge in [0, 0.05) is 13.1 Å². The Labute approximate surface area is 126 Å². The van der Waals surface area contributed by atoms with Crippen LogP contribution in [0.25, 0.3) is 0 Å². The van der Waals surface area contributed by atoms with Gasteiger partial charge in [-0.3, -0.25) is 0 Å². The molecule has 0 amide bonds. The monoisotopic (exact) mass is 336 g/mol. The number of piperidine rings is 1. The Morgan fingerprint density at radius 2 is 2.14 bits per heavy atom.